The number of ether oxygens (including phenoxy) is 5. The van der Waals surface area contributed by atoms with Gasteiger partial charge in [0, 0.05) is 0 Å². The Morgan fingerprint density at radius 2 is 1.96 bits per heavy atom. The second-order valence-electron chi connectivity index (χ2n) is 7.94. The van der Waals surface area contributed by atoms with E-state index in [1.807, 2.05) is 45.0 Å². The summed E-state index contributed by atoms with van der Waals surface area (Å²) in [6, 6.07) is 8.02. The van der Waals surface area contributed by atoms with Gasteiger partial charge >= 0.3 is 5.97 Å². The molecule has 150 valence electrons. The zero-order valence-electron chi connectivity index (χ0n) is 16.4. The second kappa shape index (κ2) is 7.68. The lowest BCUT2D eigenvalue weighted by atomic mass is 9.95. The van der Waals surface area contributed by atoms with E-state index in [1.165, 1.54) is 0 Å². The van der Waals surface area contributed by atoms with Crippen molar-refractivity contribution < 1.29 is 28.5 Å². The first-order chi connectivity index (χ1) is 12.6. The molecule has 0 spiro atoms. The molecule has 4 atom stereocenters. The summed E-state index contributed by atoms with van der Waals surface area (Å²) < 4.78 is 29.7. The minimum absolute atomic E-state index is 0.224. The van der Waals surface area contributed by atoms with E-state index in [9.17, 15) is 4.79 Å². The largest absolute Gasteiger partial charge is 0.456 e. The third-order valence-corrected chi connectivity index (χ3v) is 5.07. The van der Waals surface area contributed by atoms with E-state index in [4.69, 9.17) is 35.3 Å². The van der Waals surface area contributed by atoms with Crippen LogP contribution in [0.2, 0.25) is 0 Å². The lowest BCUT2D eigenvalue weighted by Gasteiger charge is -2.35. The van der Waals surface area contributed by atoms with Crippen molar-refractivity contribution in [2.24, 2.45) is 0 Å². The van der Waals surface area contributed by atoms with Gasteiger partial charge in [-0.25, -0.2) is 0 Å². The van der Waals surface area contributed by atoms with E-state index in [0.717, 1.165) is 11.1 Å². The normalized spacial score (nSPS) is 29.6. The topological polar surface area (TPSA) is 63.2 Å². The van der Waals surface area contributed by atoms with E-state index in [-0.39, 0.29) is 5.88 Å². The molecule has 2 heterocycles. The van der Waals surface area contributed by atoms with Crippen molar-refractivity contribution in [3.63, 3.8) is 0 Å². The molecule has 2 aliphatic heterocycles. The molecule has 0 aromatic heterocycles. The fourth-order valence-corrected chi connectivity index (χ4v) is 3.61. The monoisotopic (exact) mass is 398 g/mol. The Morgan fingerprint density at radius 1 is 1.26 bits per heavy atom. The van der Waals surface area contributed by atoms with Crippen LogP contribution in [0.3, 0.4) is 0 Å². The first-order valence-electron chi connectivity index (χ1n) is 9.08. The highest BCUT2D eigenvalue weighted by molar-refractivity contribution is 6.26. The average molecular weight is 399 g/mol. The number of rotatable bonds is 6. The SMILES string of the molecule is Cc1ccccc1CO[C@@H]1[C@H]2OC(C)(C)O[C@H]2O[C@@H]1C(C)(C)OC(=O)CCl. The second-order valence-corrected chi connectivity index (χ2v) is 8.21. The van der Waals surface area contributed by atoms with E-state index >= 15 is 0 Å². The molecule has 27 heavy (non-hydrogen) atoms. The fraction of sp³-hybridized carbons (Fsp3) is 0.650. The Bertz CT molecular complexity index is 689. The van der Waals surface area contributed by atoms with Crippen LogP contribution in [0.4, 0.5) is 0 Å². The number of benzene rings is 1. The molecule has 0 N–H and O–H groups in total. The van der Waals surface area contributed by atoms with E-state index < -0.39 is 42.0 Å². The Hall–Kier alpha value is -1.18. The number of aryl methyl sites for hydroxylation is 1. The standard InChI is InChI=1S/C20H27ClO6/c1-12-8-6-7-9-13(12)11-23-15-16-18(27-20(4,5)26-16)24-17(15)19(2,3)25-14(22)10-21/h6-9,15-18H,10-11H2,1-5H3/t15-,16-,17+,18-/m1/s1. The van der Waals surface area contributed by atoms with Crippen molar-refractivity contribution >= 4 is 17.6 Å². The summed E-state index contributed by atoms with van der Waals surface area (Å²) in [6.07, 6.45) is -2.02. The van der Waals surface area contributed by atoms with Gasteiger partial charge in [-0.05, 0) is 45.7 Å². The number of fused-ring (bicyclic) bond motifs is 1. The van der Waals surface area contributed by atoms with E-state index in [0.29, 0.717) is 6.61 Å². The van der Waals surface area contributed by atoms with Crippen LogP contribution in [0.25, 0.3) is 0 Å². The van der Waals surface area contributed by atoms with Crippen LogP contribution in [0, 0.1) is 6.92 Å². The van der Waals surface area contributed by atoms with E-state index in [2.05, 4.69) is 0 Å². The minimum atomic E-state index is -0.955. The number of halogens is 1. The molecule has 1 aromatic carbocycles. The van der Waals surface area contributed by atoms with Gasteiger partial charge in [-0.1, -0.05) is 24.3 Å². The smallest absolute Gasteiger partial charge is 0.321 e. The number of hydrogen-bond donors (Lipinski definition) is 0. The minimum Gasteiger partial charge on any atom is -0.456 e. The molecule has 0 bridgehead atoms. The maximum atomic E-state index is 11.8. The van der Waals surface area contributed by atoms with Crippen LogP contribution in [-0.4, -0.2) is 47.8 Å². The van der Waals surface area contributed by atoms with E-state index in [1.54, 1.807) is 13.8 Å². The maximum absolute atomic E-state index is 11.8. The summed E-state index contributed by atoms with van der Waals surface area (Å²) >= 11 is 5.60. The van der Waals surface area contributed by atoms with Crippen LogP contribution < -0.4 is 0 Å². The van der Waals surface area contributed by atoms with Crippen molar-refractivity contribution in [3.8, 4) is 0 Å². The molecule has 0 radical (unpaired) electrons. The van der Waals surface area contributed by atoms with Gasteiger partial charge in [0.1, 0.15) is 29.8 Å². The van der Waals surface area contributed by atoms with Gasteiger partial charge in [-0.2, -0.15) is 0 Å². The molecule has 2 aliphatic rings. The van der Waals surface area contributed by atoms with Crippen LogP contribution in [-0.2, 0) is 35.1 Å². The van der Waals surface area contributed by atoms with Gasteiger partial charge in [0.15, 0.2) is 12.1 Å². The summed E-state index contributed by atoms with van der Waals surface area (Å²) in [7, 11) is 0. The summed E-state index contributed by atoms with van der Waals surface area (Å²) in [5, 5.41) is 0. The number of carbonyl (C=O) groups excluding carboxylic acids is 1. The van der Waals surface area contributed by atoms with Gasteiger partial charge in [0.25, 0.3) is 0 Å². The molecule has 0 saturated carbocycles. The molecule has 0 aliphatic carbocycles. The average Bonchev–Trinajstić information content (AvgIpc) is 3.06. The first kappa shape index (κ1) is 20.6. The fourth-order valence-electron chi connectivity index (χ4n) is 3.56. The Kier molecular flexibility index (Phi) is 5.85. The molecule has 0 amide bonds. The van der Waals surface area contributed by atoms with Gasteiger partial charge in [0.2, 0.25) is 0 Å². The Balaban J connectivity index is 1.80. The van der Waals surface area contributed by atoms with Crippen LogP contribution in [0.5, 0.6) is 0 Å². The summed E-state index contributed by atoms with van der Waals surface area (Å²) in [5.41, 5.74) is 1.26. The lowest BCUT2D eigenvalue weighted by Crippen LogP contribution is -2.50. The summed E-state index contributed by atoms with van der Waals surface area (Å²) in [6.45, 7) is 9.65. The molecular formula is C20H27ClO6. The number of esters is 1. The van der Waals surface area contributed by atoms with Crippen molar-refractivity contribution in [1.29, 1.82) is 0 Å². The van der Waals surface area contributed by atoms with Crippen molar-refractivity contribution in [2.45, 2.75) is 77.2 Å². The molecule has 2 fully saturated rings. The molecule has 2 saturated heterocycles. The molecule has 6 nitrogen and oxygen atoms in total. The zero-order chi connectivity index (χ0) is 19.8. The molecular weight excluding hydrogens is 372 g/mol. The van der Waals surface area contributed by atoms with Crippen LogP contribution in [0.15, 0.2) is 24.3 Å². The quantitative estimate of drug-likeness (QED) is 0.541. The van der Waals surface area contributed by atoms with Crippen LogP contribution >= 0.6 is 11.6 Å². The molecule has 7 heteroatoms. The van der Waals surface area contributed by atoms with Crippen LogP contribution in [0.1, 0.15) is 38.8 Å². The van der Waals surface area contributed by atoms with Crippen molar-refractivity contribution in [1.82, 2.24) is 0 Å². The number of carbonyl (C=O) groups is 1. The third-order valence-electron chi connectivity index (χ3n) is 4.85. The number of hydrogen-bond acceptors (Lipinski definition) is 6. The zero-order valence-corrected chi connectivity index (χ0v) is 17.1. The van der Waals surface area contributed by atoms with Crippen molar-refractivity contribution in [3.05, 3.63) is 35.4 Å². The molecule has 1 aromatic rings. The van der Waals surface area contributed by atoms with Gasteiger partial charge < -0.3 is 23.7 Å². The highest BCUT2D eigenvalue weighted by Crippen LogP contribution is 2.42. The summed E-state index contributed by atoms with van der Waals surface area (Å²) in [5.74, 6) is -1.50. The van der Waals surface area contributed by atoms with Crippen molar-refractivity contribution in [2.75, 3.05) is 5.88 Å². The maximum Gasteiger partial charge on any atom is 0.321 e. The Morgan fingerprint density at radius 3 is 2.63 bits per heavy atom. The Labute approximate surface area is 165 Å². The lowest BCUT2D eigenvalue weighted by molar-refractivity contribution is -0.244. The molecule has 0 unspecified atom stereocenters. The van der Waals surface area contributed by atoms with Gasteiger partial charge in [-0.15, -0.1) is 11.6 Å². The van der Waals surface area contributed by atoms with Gasteiger partial charge in [0.05, 0.1) is 6.61 Å². The first-order valence-corrected chi connectivity index (χ1v) is 9.61. The highest BCUT2D eigenvalue weighted by atomic mass is 35.5. The third kappa shape index (κ3) is 4.46. The predicted molar refractivity (Wildman–Crippen MR) is 99.3 cm³/mol. The number of alkyl halides is 1. The summed E-state index contributed by atoms with van der Waals surface area (Å²) in [4.78, 5) is 11.8. The highest BCUT2D eigenvalue weighted by Gasteiger charge is 2.59. The van der Waals surface area contributed by atoms with Gasteiger partial charge in [-0.3, -0.25) is 4.79 Å². The molecule has 3 rings (SSSR count). The predicted octanol–water partition coefficient (Wildman–Crippen LogP) is 3.32.